The quantitative estimate of drug-likeness (QED) is 0.784. The largest absolute Gasteiger partial charge is 0.396 e. The molecule has 2 amide bonds. The number of hydrogen-bond donors (Lipinski definition) is 1. The minimum Gasteiger partial charge on any atom is -0.396 e. The lowest BCUT2D eigenvalue weighted by atomic mass is 10.1. The van der Waals surface area contributed by atoms with Crippen molar-refractivity contribution in [1.82, 2.24) is 9.80 Å². The van der Waals surface area contributed by atoms with Crippen LogP contribution in [0, 0.1) is 5.92 Å². The number of piperidine rings is 1. The van der Waals surface area contributed by atoms with Gasteiger partial charge in [-0.25, -0.2) is 0 Å². The summed E-state index contributed by atoms with van der Waals surface area (Å²) < 4.78 is 0. The number of aliphatic hydroxyl groups excluding tert-OH is 1. The monoisotopic (exact) mass is 254 g/mol. The van der Waals surface area contributed by atoms with Gasteiger partial charge in [-0.1, -0.05) is 0 Å². The highest BCUT2D eigenvalue weighted by Crippen LogP contribution is 2.21. The third-order valence-corrected chi connectivity index (χ3v) is 3.99. The lowest BCUT2D eigenvalue weighted by Gasteiger charge is -2.32. The molecule has 0 radical (unpaired) electrons. The van der Waals surface area contributed by atoms with Crippen LogP contribution in [-0.4, -0.2) is 59.0 Å². The maximum Gasteiger partial charge on any atom is 0.245 e. The van der Waals surface area contributed by atoms with E-state index < -0.39 is 0 Å². The molecule has 2 aliphatic rings. The molecule has 2 saturated heterocycles. The standard InChI is InChI=1S/C13H22N2O3/c1-10(13(18)14-5-3-2-4-6-14)15-8-11(9-16)7-12(15)17/h10-11,16H,2-9H2,1H3. The Hall–Kier alpha value is -1.10. The molecule has 2 atom stereocenters. The molecule has 0 spiro atoms. The molecule has 0 aromatic carbocycles. The molecule has 1 N–H and O–H groups in total. The number of nitrogens with zero attached hydrogens (tertiary/aromatic N) is 2. The van der Waals surface area contributed by atoms with Crippen molar-refractivity contribution in [3.05, 3.63) is 0 Å². The summed E-state index contributed by atoms with van der Waals surface area (Å²) >= 11 is 0. The molecule has 2 aliphatic heterocycles. The van der Waals surface area contributed by atoms with Gasteiger partial charge in [0.05, 0.1) is 0 Å². The Morgan fingerprint density at radius 3 is 2.61 bits per heavy atom. The van der Waals surface area contributed by atoms with E-state index in [2.05, 4.69) is 0 Å². The van der Waals surface area contributed by atoms with E-state index >= 15 is 0 Å². The van der Waals surface area contributed by atoms with Crippen LogP contribution in [0.1, 0.15) is 32.6 Å². The minimum absolute atomic E-state index is 0.00546. The normalized spacial score (nSPS) is 26.6. The highest BCUT2D eigenvalue weighted by atomic mass is 16.3. The van der Waals surface area contributed by atoms with Crippen LogP contribution in [0.5, 0.6) is 0 Å². The SMILES string of the molecule is CC(C(=O)N1CCCCC1)N1CC(CO)CC1=O. The topological polar surface area (TPSA) is 60.9 Å². The molecule has 5 heteroatoms. The summed E-state index contributed by atoms with van der Waals surface area (Å²) in [4.78, 5) is 27.6. The van der Waals surface area contributed by atoms with E-state index in [1.165, 1.54) is 6.42 Å². The Morgan fingerprint density at radius 1 is 1.39 bits per heavy atom. The lowest BCUT2D eigenvalue weighted by molar-refractivity contribution is -0.143. The Balaban J connectivity index is 1.95. The highest BCUT2D eigenvalue weighted by molar-refractivity contribution is 5.88. The third kappa shape index (κ3) is 2.66. The fourth-order valence-electron chi connectivity index (χ4n) is 2.82. The Labute approximate surface area is 108 Å². The number of aliphatic hydroxyl groups is 1. The molecule has 0 aliphatic carbocycles. The first-order chi connectivity index (χ1) is 8.63. The summed E-state index contributed by atoms with van der Waals surface area (Å²) in [6.45, 7) is 3.96. The Morgan fingerprint density at radius 2 is 2.06 bits per heavy atom. The number of likely N-dealkylation sites (tertiary alicyclic amines) is 2. The van der Waals surface area contributed by atoms with Gasteiger partial charge in [0.1, 0.15) is 6.04 Å². The van der Waals surface area contributed by atoms with Crippen molar-refractivity contribution < 1.29 is 14.7 Å². The van der Waals surface area contributed by atoms with Crippen molar-refractivity contribution in [1.29, 1.82) is 0 Å². The van der Waals surface area contributed by atoms with Crippen LogP contribution < -0.4 is 0 Å². The number of amides is 2. The zero-order chi connectivity index (χ0) is 13.1. The summed E-state index contributed by atoms with van der Waals surface area (Å²) in [6.07, 6.45) is 3.68. The van der Waals surface area contributed by atoms with Gasteiger partial charge in [0.15, 0.2) is 0 Å². The summed E-state index contributed by atoms with van der Waals surface area (Å²) in [6, 6.07) is -0.382. The number of rotatable bonds is 3. The molecule has 2 heterocycles. The van der Waals surface area contributed by atoms with Crippen LogP contribution in [0.2, 0.25) is 0 Å². The predicted molar refractivity (Wildman–Crippen MR) is 66.8 cm³/mol. The van der Waals surface area contributed by atoms with Gasteiger partial charge >= 0.3 is 0 Å². The number of hydrogen-bond acceptors (Lipinski definition) is 3. The fourth-order valence-corrected chi connectivity index (χ4v) is 2.82. The second kappa shape index (κ2) is 5.69. The summed E-state index contributed by atoms with van der Waals surface area (Å²) in [5.74, 6) is 0.0441. The van der Waals surface area contributed by atoms with E-state index in [9.17, 15) is 9.59 Å². The van der Waals surface area contributed by atoms with Gasteiger partial charge in [-0.15, -0.1) is 0 Å². The average Bonchev–Trinajstić information content (AvgIpc) is 2.79. The first-order valence-electron chi connectivity index (χ1n) is 6.82. The first kappa shape index (κ1) is 13.3. The van der Waals surface area contributed by atoms with Gasteiger partial charge in [-0.3, -0.25) is 9.59 Å². The summed E-state index contributed by atoms with van der Waals surface area (Å²) in [5, 5.41) is 9.10. The molecule has 2 rings (SSSR count). The number of carbonyl (C=O) groups is 2. The molecule has 102 valence electrons. The smallest absolute Gasteiger partial charge is 0.245 e. The van der Waals surface area contributed by atoms with Crippen molar-refractivity contribution in [2.45, 2.75) is 38.6 Å². The molecule has 18 heavy (non-hydrogen) atoms. The second-order valence-electron chi connectivity index (χ2n) is 5.36. The lowest BCUT2D eigenvalue weighted by Crippen LogP contribution is -2.49. The second-order valence-corrected chi connectivity index (χ2v) is 5.36. The molecule has 0 aromatic heterocycles. The number of carbonyl (C=O) groups excluding carboxylic acids is 2. The van der Waals surface area contributed by atoms with E-state index in [0.717, 1.165) is 25.9 Å². The van der Waals surface area contributed by atoms with Gasteiger partial charge in [-0.05, 0) is 26.2 Å². The fraction of sp³-hybridized carbons (Fsp3) is 0.846. The zero-order valence-electron chi connectivity index (χ0n) is 11.0. The van der Waals surface area contributed by atoms with Crippen LogP contribution >= 0.6 is 0 Å². The van der Waals surface area contributed by atoms with Crippen LogP contribution in [-0.2, 0) is 9.59 Å². The van der Waals surface area contributed by atoms with E-state index in [1.54, 1.807) is 11.8 Å². The van der Waals surface area contributed by atoms with Crippen LogP contribution in [0.15, 0.2) is 0 Å². The van der Waals surface area contributed by atoms with Crippen LogP contribution in [0.25, 0.3) is 0 Å². The van der Waals surface area contributed by atoms with Crippen molar-refractivity contribution >= 4 is 11.8 Å². The maximum absolute atomic E-state index is 12.3. The van der Waals surface area contributed by atoms with Gasteiger partial charge in [-0.2, -0.15) is 0 Å². The molecule has 2 fully saturated rings. The van der Waals surface area contributed by atoms with E-state index in [1.807, 2.05) is 4.90 Å². The van der Waals surface area contributed by atoms with Crippen molar-refractivity contribution in [3.63, 3.8) is 0 Å². The molecule has 0 aromatic rings. The minimum atomic E-state index is -0.382. The molecule has 0 saturated carbocycles. The summed E-state index contributed by atoms with van der Waals surface area (Å²) in [7, 11) is 0. The molecule has 2 unspecified atom stereocenters. The van der Waals surface area contributed by atoms with Gasteiger partial charge < -0.3 is 14.9 Å². The Bertz CT molecular complexity index is 326. The van der Waals surface area contributed by atoms with E-state index in [4.69, 9.17) is 5.11 Å². The summed E-state index contributed by atoms with van der Waals surface area (Å²) in [5.41, 5.74) is 0. The van der Waals surface area contributed by atoms with Gasteiger partial charge in [0.2, 0.25) is 11.8 Å². The predicted octanol–water partition coefficient (Wildman–Crippen LogP) is 0.228. The van der Waals surface area contributed by atoms with Crippen molar-refractivity contribution in [2.24, 2.45) is 5.92 Å². The van der Waals surface area contributed by atoms with Gasteiger partial charge in [0, 0.05) is 38.6 Å². The third-order valence-electron chi connectivity index (χ3n) is 3.99. The van der Waals surface area contributed by atoms with Crippen LogP contribution in [0.4, 0.5) is 0 Å². The van der Waals surface area contributed by atoms with Crippen LogP contribution in [0.3, 0.4) is 0 Å². The highest BCUT2D eigenvalue weighted by Gasteiger charge is 2.36. The Kier molecular flexibility index (Phi) is 4.22. The van der Waals surface area contributed by atoms with E-state index in [-0.39, 0.29) is 30.4 Å². The molecule has 0 bridgehead atoms. The van der Waals surface area contributed by atoms with Crippen molar-refractivity contribution in [2.75, 3.05) is 26.2 Å². The van der Waals surface area contributed by atoms with Crippen molar-refractivity contribution in [3.8, 4) is 0 Å². The molecular weight excluding hydrogens is 232 g/mol. The zero-order valence-corrected chi connectivity index (χ0v) is 11.0. The molecule has 5 nitrogen and oxygen atoms in total. The first-order valence-corrected chi connectivity index (χ1v) is 6.82. The van der Waals surface area contributed by atoms with Gasteiger partial charge in [0.25, 0.3) is 0 Å². The maximum atomic E-state index is 12.3. The average molecular weight is 254 g/mol. The molecular formula is C13H22N2O3. The van der Waals surface area contributed by atoms with E-state index in [0.29, 0.717) is 13.0 Å².